The quantitative estimate of drug-likeness (QED) is 0.835. The number of hydrogen-bond acceptors (Lipinski definition) is 5. The maximum absolute atomic E-state index is 14.6. The third-order valence-electron chi connectivity index (χ3n) is 5.02. The summed E-state index contributed by atoms with van der Waals surface area (Å²) in [6, 6.07) is 4.57. The molecule has 0 aromatic heterocycles. The van der Waals surface area contributed by atoms with Gasteiger partial charge in [0.05, 0.1) is 35.6 Å². The molecular formula is C19H17F2NO4. The molecule has 1 atom stereocenters. The standard InChI is InChI=1S/C19H17F2NO4/c1-25-18(23)16-12(7-20)22-13-8-26-19(24)17(13)15(16)10-3-2-4-11(21)14(10)9-5-6-9/h2-4,9,15,22H,5-8H2,1H3/t15-/m1/s1. The van der Waals surface area contributed by atoms with E-state index in [1.807, 2.05) is 0 Å². The van der Waals surface area contributed by atoms with Gasteiger partial charge < -0.3 is 14.8 Å². The van der Waals surface area contributed by atoms with E-state index < -0.39 is 24.5 Å². The van der Waals surface area contributed by atoms with Crippen LogP contribution in [0, 0.1) is 5.82 Å². The van der Waals surface area contributed by atoms with Crippen molar-refractivity contribution in [1.29, 1.82) is 0 Å². The van der Waals surface area contributed by atoms with E-state index in [1.54, 1.807) is 6.07 Å². The summed E-state index contributed by atoms with van der Waals surface area (Å²) in [5.74, 6) is -2.61. The molecule has 0 spiro atoms. The van der Waals surface area contributed by atoms with Gasteiger partial charge in [-0.2, -0.15) is 0 Å². The predicted molar refractivity (Wildman–Crippen MR) is 87.3 cm³/mol. The van der Waals surface area contributed by atoms with Gasteiger partial charge in [-0.1, -0.05) is 12.1 Å². The third-order valence-corrected chi connectivity index (χ3v) is 5.02. The number of cyclic esters (lactones) is 1. The molecule has 0 unspecified atom stereocenters. The van der Waals surface area contributed by atoms with Gasteiger partial charge in [0.15, 0.2) is 0 Å². The van der Waals surface area contributed by atoms with E-state index in [9.17, 15) is 18.4 Å². The van der Waals surface area contributed by atoms with Crippen molar-refractivity contribution in [3.8, 4) is 0 Å². The molecule has 0 bridgehead atoms. The Morgan fingerprint density at radius 3 is 2.81 bits per heavy atom. The second-order valence-corrected chi connectivity index (χ2v) is 6.56. The molecule has 1 aromatic rings. The first kappa shape index (κ1) is 16.8. The van der Waals surface area contributed by atoms with Crippen molar-refractivity contribution in [3.05, 3.63) is 57.7 Å². The maximum atomic E-state index is 14.6. The molecular weight excluding hydrogens is 344 g/mol. The van der Waals surface area contributed by atoms with Crippen LogP contribution in [0.4, 0.5) is 8.78 Å². The van der Waals surface area contributed by atoms with E-state index in [4.69, 9.17) is 9.47 Å². The number of dihydropyridines is 1. The molecule has 1 aromatic carbocycles. The molecule has 3 aliphatic rings. The van der Waals surface area contributed by atoms with Crippen molar-refractivity contribution in [3.63, 3.8) is 0 Å². The SMILES string of the molecule is COC(=O)C1=C(CF)NC2=C(C(=O)OC2)[C@@H]1c1cccc(F)c1C1CC1. The maximum Gasteiger partial charge on any atom is 0.337 e. The molecule has 0 radical (unpaired) electrons. The fourth-order valence-electron chi connectivity index (χ4n) is 3.76. The fourth-order valence-corrected chi connectivity index (χ4v) is 3.76. The van der Waals surface area contributed by atoms with E-state index in [1.165, 1.54) is 19.2 Å². The number of halogens is 2. The zero-order valence-corrected chi connectivity index (χ0v) is 14.1. The number of carbonyl (C=O) groups is 2. The van der Waals surface area contributed by atoms with Crippen molar-refractivity contribution in [2.75, 3.05) is 20.4 Å². The summed E-state index contributed by atoms with van der Waals surface area (Å²) in [6.45, 7) is -0.976. The number of esters is 2. The number of hydrogen-bond donors (Lipinski definition) is 1. The molecule has 0 saturated heterocycles. The van der Waals surface area contributed by atoms with Crippen LogP contribution in [0.25, 0.3) is 0 Å². The van der Waals surface area contributed by atoms with Crippen molar-refractivity contribution in [2.24, 2.45) is 0 Å². The zero-order chi connectivity index (χ0) is 18.4. The van der Waals surface area contributed by atoms with Gasteiger partial charge in [0, 0.05) is 0 Å². The molecule has 26 heavy (non-hydrogen) atoms. The minimum Gasteiger partial charge on any atom is -0.466 e. The lowest BCUT2D eigenvalue weighted by molar-refractivity contribution is -0.136. The molecule has 2 aliphatic heterocycles. The number of alkyl halides is 1. The van der Waals surface area contributed by atoms with Gasteiger partial charge in [-0.05, 0) is 36.0 Å². The summed E-state index contributed by atoms with van der Waals surface area (Å²) in [7, 11) is 1.19. The van der Waals surface area contributed by atoms with Gasteiger partial charge in [-0.25, -0.2) is 18.4 Å². The minimum atomic E-state index is -0.944. The molecule has 1 aliphatic carbocycles. The lowest BCUT2D eigenvalue weighted by Crippen LogP contribution is -2.32. The number of carbonyl (C=O) groups excluding carboxylic acids is 2. The summed E-state index contributed by atoms with van der Waals surface area (Å²) >= 11 is 0. The Kier molecular flexibility index (Phi) is 4.01. The van der Waals surface area contributed by atoms with Crippen LogP contribution in [-0.2, 0) is 19.1 Å². The van der Waals surface area contributed by atoms with Crippen molar-refractivity contribution in [1.82, 2.24) is 5.32 Å². The van der Waals surface area contributed by atoms with Crippen molar-refractivity contribution >= 4 is 11.9 Å². The summed E-state index contributed by atoms with van der Waals surface area (Å²) in [4.78, 5) is 24.8. The molecule has 1 saturated carbocycles. The van der Waals surface area contributed by atoms with Crippen LogP contribution < -0.4 is 5.32 Å². The lowest BCUT2D eigenvalue weighted by atomic mass is 9.78. The summed E-state index contributed by atoms with van der Waals surface area (Å²) in [5.41, 5.74) is 1.60. The lowest BCUT2D eigenvalue weighted by Gasteiger charge is -2.29. The Morgan fingerprint density at radius 1 is 1.38 bits per heavy atom. The highest BCUT2D eigenvalue weighted by atomic mass is 19.1. The highest BCUT2D eigenvalue weighted by molar-refractivity contribution is 6.01. The van der Waals surface area contributed by atoms with E-state index in [2.05, 4.69) is 5.32 Å². The smallest absolute Gasteiger partial charge is 0.337 e. The second-order valence-electron chi connectivity index (χ2n) is 6.56. The molecule has 2 heterocycles. The predicted octanol–water partition coefficient (Wildman–Crippen LogP) is 2.60. The molecule has 1 N–H and O–H groups in total. The Bertz CT molecular complexity index is 870. The molecule has 4 rings (SSSR count). The van der Waals surface area contributed by atoms with Crippen LogP contribution in [0.1, 0.15) is 35.8 Å². The first-order chi connectivity index (χ1) is 12.6. The van der Waals surface area contributed by atoms with E-state index in [-0.39, 0.29) is 35.2 Å². The van der Waals surface area contributed by atoms with Gasteiger partial charge in [0.1, 0.15) is 19.1 Å². The number of allylic oxidation sites excluding steroid dienone is 1. The van der Waals surface area contributed by atoms with Crippen LogP contribution in [0.15, 0.2) is 40.7 Å². The third kappa shape index (κ3) is 2.50. The highest BCUT2D eigenvalue weighted by Gasteiger charge is 2.45. The van der Waals surface area contributed by atoms with Crippen LogP contribution in [-0.4, -0.2) is 32.3 Å². The van der Waals surface area contributed by atoms with Crippen LogP contribution in [0.5, 0.6) is 0 Å². The van der Waals surface area contributed by atoms with E-state index >= 15 is 0 Å². The average Bonchev–Trinajstić information content (AvgIpc) is 3.42. The fraction of sp³-hybridized carbons (Fsp3) is 0.368. The average molecular weight is 361 g/mol. The van der Waals surface area contributed by atoms with Gasteiger partial charge >= 0.3 is 11.9 Å². The largest absolute Gasteiger partial charge is 0.466 e. The molecule has 0 amide bonds. The van der Waals surface area contributed by atoms with Gasteiger partial charge in [0.25, 0.3) is 0 Å². The number of rotatable bonds is 4. The number of nitrogens with one attached hydrogen (secondary N) is 1. The number of methoxy groups -OCH3 is 1. The first-order valence-corrected chi connectivity index (χ1v) is 8.39. The zero-order valence-electron chi connectivity index (χ0n) is 14.1. The van der Waals surface area contributed by atoms with Gasteiger partial charge in [-0.15, -0.1) is 0 Å². The van der Waals surface area contributed by atoms with Crippen LogP contribution in [0.3, 0.4) is 0 Å². The Balaban J connectivity index is 1.96. The van der Waals surface area contributed by atoms with Gasteiger partial charge in [0.2, 0.25) is 0 Å². The van der Waals surface area contributed by atoms with Crippen LogP contribution >= 0.6 is 0 Å². The Morgan fingerprint density at radius 2 is 2.15 bits per heavy atom. The minimum absolute atomic E-state index is 0.0138. The summed E-state index contributed by atoms with van der Waals surface area (Å²) in [6.07, 6.45) is 1.67. The molecule has 7 heteroatoms. The number of benzene rings is 1. The normalized spacial score (nSPS) is 22.1. The second kappa shape index (κ2) is 6.23. The molecule has 136 valence electrons. The number of ether oxygens (including phenoxy) is 2. The van der Waals surface area contributed by atoms with Gasteiger partial charge in [-0.3, -0.25) is 0 Å². The van der Waals surface area contributed by atoms with Crippen molar-refractivity contribution < 1.29 is 27.8 Å². The Labute approximate surface area is 148 Å². The summed E-state index contributed by atoms with van der Waals surface area (Å²) in [5, 5.41) is 2.78. The topological polar surface area (TPSA) is 64.6 Å². The molecule has 5 nitrogen and oxygen atoms in total. The summed E-state index contributed by atoms with van der Waals surface area (Å²) < 4.78 is 38.2. The highest BCUT2D eigenvalue weighted by Crippen LogP contribution is 2.49. The first-order valence-electron chi connectivity index (χ1n) is 8.39. The van der Waals surface area contributed by atoms with Crippen LogP contribution in [0.2, 0.25) is 0 Å². The molecule has 1 fully saturated rings. The van der Waals surface area contributed by atoms with Crippen molar-refractivity contribution in [2.45, 2.75) is 24.7 Å². The Hall–Kier alpha value is -2.70. The monoisotopic (exact) mass is 361 g/mol. The van der Waals surface area contributed by atoms with E-state index in [0.29, 0.717) is 16.8 Å². The van der Waals surface area contributed by atoms with E-state index in [0.717, 1.165) is 12.8 Å².